The topological polar surface area (TPSA) is 82.0 Å². The van der Waals surface area contributed by atoms with Gasteiger partial charge in [0.25, 0.3) is 5.91 Å². The Hall–Kier alpha value is -1.28. The molecule has 1 saturated heterocycles. The van der Waals surface area contributed by atoms with Crippen LogP contribution < -0.4 is 4.72 Å². The van der Waals surface area contributed by atoms with E-state index in [1.165, 1.54) is 0 Å². The van der Waals surface area contributed by atoms with Gasteiger partial charge in [0.15, 0.2) is 9.99 Å². The third-order valence-electron chi connectivity index (χ3n) is 4.55. The lowest BCUT2D eigenvalue weighted by Crippen LogP contribution is -2.36. The fourth-order valence-corrected chi connectivity index (χ4v) is 4.12. The molecule has 1 aliphatic heterocycles. The molecule has 0 aromatic carbocycles. The van der Waals surface area contributed by atoms with Crippen LogP contribution in [0.5, 0.6) is 0 Å². The summed E-state index contributed by atoms with van der Waals surface area (Å²) >= 11 is 0. The first kappa shape index (κ1) is 17.5. The number of hydrogen-bond donors (Lipinski definition) is 2. The predicted molar refractivity (Wildman–Crippen MR) is 97.5 cm³/mol. The average Bonchev–Trinajstić information content (AvgIpc) is 3.33. The molecule has 0 bridgehead atoms. The summed E-state index contributed by atoms with van der Waals surface area (Å²) in [6, 6.07) is 0.140. The molecule has 24 heavy (non-hydrogen) atoms. The van der Waals surface area contributed by atoms with Crippen LogP contribution in [0.2, 0.25) is 0 Å². The third kappa shape index (κ3) is 4.86. The normalized spacial score (nSPS) is 24.9. The molecule has 2 aliphatic carbocycles. The molecule has 2 N–H and O–H groups in total. The van der Waals surface area contributed by atoms with Crippen LogP contribution in [0.3, 0.4) is 0 Å². The van der Waals surface area contributed by atoms with Gasteiger partial charge in [-0.05, 0) is 69.0 Å². The lowest BCUT2D eigenvalue weighted by Gasteiger charge is -2.28. The van der Waals surface area contributed by atoms with E-state index < -0.39 is 9.99 Å². The molecule has 3 rings (SSSR count). The van der Waals surface area contributed by atoms with E-state index in [0.29, 0.717) is 17.1 Å². The van der Waals surface area contributed by atoms with Crippen LogP contribution in [0, 0.1) is 5.92 Å². The first-order valence-corrected chi connectivity index (χ1v) is 10.0. The van der Waals surface area contributed by atoms with Gasteiger partial charge in [0.05, 0.1) is 17.1 Å². The van der Waals surface area contributed by atoms with E-state index in [1.54, 1.807) is 24.3 Å². The Labute approximate surface area is 143 Å². The average molecular weight is 351 g/mol. The summed E-state index contributed by atoms with van der Waals surface area (Å²) in [5, 5.41) is 0. The molecule has 1 unspecified atom stereocenters. The molecular formula is C17H25N3O3S. The number of hydrogen-bond acceptors (Lipinski definition) is 3. The van der Waals surface area contributed by atoms with Gasteiger partial charge < -0.3 is 4.55 Å². The minimum Gasteiger partial charge on any atom is -0.302 e. The molecule has 0 spiro atoms. The fraction of sp³-hybridized carbons (Fsp3) is 0.588. The van der Waals surface area contributed by atoms with Gasteiger partial charge in [-0.2, -0.15) is 0 Å². The zero-order chi connectivity index (χ0) is 17.2. The SMILES string of the molecule is CC1CCN(CC(=O)N=C2C=CC(=S(=O)(O)NC3CC3)C=C2)CC1. The summed E-state index contributed by atoms with van der Waals surface area (Å²) in [6.45, 7) is 4.47. The van der Waals surface area contributed by atoms with Gasteiger partial charge in [-0.15, -0.1) is 0 Å². The first-order valence-electron chi connectivity index (χ1n) is 8.53. The highest BCUT2D eigenvalue weighted by molar-refractivity contribution is 7.96. The Morgan fingerprint density at radius 1 is 1.25 bits per heavy atom. The second-order valence-electron chi connectivity index (χ2n) is 6.88. The molecule has 1 saturated carbocycles. The quantitative estimate of drug-likeness (QED) is 0.750. The molecule has 6 nitrogen and oxygen atoms in total. The van der Waals surface area contributed by atoms with Crippen LogP contribution in [0.4, 0.5) is 0 Å². The van der Waals surface area contributed by atoms with Crippen molar-refractivity contribution in [2.24, 2.45) is 10.9 Å². The van der Waals surface area contributed by atoms with E-state index in [0.717, 1.165) is 44.7 Å². The lowest BCUT2D eigenvalue weighted by molar-refractivity contribution is -0.119. The first-order chi connectivity index (χ1) is 11.4. The van der Waals surface area contributed by atoms with Crippen molar-refractivity contribution in [3.8, 4) is 0 Å². The van der Waals surface area contributed by atoms with Crippen LogP contribution in [-0.4, -0.2) is 55.8 Å². The number of amides is 1. The number of nitrogens with zero attached hydrogens (tertiary/aromatic N) is 2. The second kappa shape index (κ2) is 7.31. The largest absolute Gasteiger partial charge is 0.302 e. The molecule has 0 radical (unpaired) electrons. The van der Waals surface area contributed by atoms with E-state index >= 15 is 0 Å². The molecule has 132 valence electrons. The second-order valence-corrected chi connectivity index (χ2v) is 8.63. The number of likely N-dealkylation sites (tertiary alicyclic amines) is 1. The van der Waals surface area contributed by atoms with Crippen molar-refractivity contribution in [1.29, 1.82) is 0 Å². The van der Waals surface area contributed by atoms with E-state index in [9.17, 15) is 13.6 Å². The maximum atomic E-state index is 12.2. The molecule has 1 atom stereocenters. The van der Waals surface area contributed by atoms with Crippen LogP contribution in [-0.2, 0) is 14.8 Å². The highest BCUT2D eigenvalue weighted by Crippen LogP contribution is 2.20. The van der Waals surface area contributed by atoms with Crippen LogP contribution >= 0.6 is 0 Å². The number of allylic oxidation sites excluding steroid dienone is 4. The number of nitrogens with one attached hydrogen (secondary N) is 1. The summed E-state index contributed by atoms with van der Waals surface area (Å²) in [6.07, 6.45) is 10.5. The summed E-state index contributed by atoms with van der Waals surface area (Å²) in [5.74, 6) is 0.566. The molecule has 2 fully saturated rings. The van der Waals surface area contributed by atoms with Crippen molar-refractivity contribution in [2.75, 3.05) is 19.6 Å². The Balaban J connectivity index is 1.58. The standard InChI is InChI=1S/C17H25N3O3S/c1-13-8-10-20(11-9-13)12-17(21)18-14-4-6-16(7-5-14)24(22,23)19-15-2-3-15/h4-7,13,15H,2-3,8-12H2,1H3,(H2,19,22,23). The van der Waals surface area contributed by atoms with Crippen molar-refractivity contribution in [3.05, 3.63) is 24.3 Å². The van der Waals surface area contributed by atoms with Crippen LogP contribution in [0.25, 0.3) is 0 Å². The monoisotopic (exact) mass is 351 g/mol. The van der Waals surface area contributed by atoms with E-state index in [1.807, 2.05) is 0 Å². The van der Waals surface area contributed by atoms with Crippen molar-refractivity contribution < 1.29 is 13.6 Å². The lowest BCUT2D eigenvalue weighted by atomic mass is 9.99. The highest BCUT2D eigenvalue weighted by Gasteiger charge is 2.25. The number of carbonyl (C=O) groups excluding carboxylic acids is 1. The van der Waals surface area contributed by atoms with E-state index in [2.05, 4.69) is 21.5 Å². The molecule has 1 amide bonds. The minimum absolute atomic E-state index is 0.140. The maximum absolute atomic E-state index is 12.2. The Morgan fingerprint density at radius 2 is 1.88 bits per heavy atom. The smallest absolute Gasteiger partial charge is 0.260 e. The fourth-order valence-electron chi connectivity index (χ4n) is 2.79. The number of rotatable bonds is 4. The van der Waals surface area contributed by atoms with Gasteiger partial charge in [-0.3, -0.25) is 9.69 Å². The molecular weight excluding hydrogens is 326 g/mol. The number of aliphatic imine (C=N–C) groups is 1. The van der Waals surface area contributed by atoms with Gasteiger partial charge in [0.2, 0.25) is 0 Å². The Morgan fingerprint density at radius 3 is 2.46 bits per heavy atom. The van der Waals surface area contributed by atoms with Crippen molar-refractivity contribution in [3.63, 3.8) is 0 Å². The zero-order valence-corrected chi connectivity index (χ0v) is 14.8. The summed E-state index contributed by atoms with van der Waals surface area (Å²) in [7, 11) is -3.21. The van der Waals surface area contributed by atoms with Gasteiger partial charge >= 0.3 is 0 Å². The minimum atomic E-state index is -3.21. The van der Waals surface area contributed by atoms with Crippen LogP contribution in [0.15, 0.2) is 29.3 Å². The van der Waals surface area contributed by atoms with E-state index in [4.69, 9.17) is 0 Å². The predicted octanol–water partition coefficient (Wildman–Crippen LogP) is 1.41. The molecule has 0 aromatic heterocycles. The van der Waals surface area contributed by atoms with Crippen molar-refractivity contribution in [1.82, 2.24) is 9.62 Å². The molecule has 7 heteroatoms. The number of carbonyl (C=O) groups is 1. The van der Waals surface area contributed by atoms with Gasteiger partial charge in [-0.1, -0.05) is 6.92 Å². The van der Waals surface area contributed by atoms with Gasteiger partial charge in [0.1, 0.15) is 0 Å². The molecule has 0 aromatic rings. The van der Waals surface area contributed by atoms with Gasteiger partial charge in [-0.25, -0.2) is 13.9 Å². The Bertz CT molecular complexity index is 687. The summed E-state index contributed by atoms with van der Waals surface area (Å²) < 4.78 is 25.0. The van der Waals surface area contributed by atoms with Crippen molar-refractivity contribution >= 4 is 26.5 Å². The summed E-state index contributed by atoms with van der Waals surface area (Å²) in [5.41, 5.74) is 0.524. The Kier molecular flexibility index (Phi) is 5.34. The number of piperidine rings is 1. The third-order valence-corrected chi connectivity index (χ3v) is 6.11. The van der Waals surface area contributed by atoms with Gasteiger partial charge in [0, 0.05) is 6.04 Å². The summed E-state index contributed by atoms with van der Waals surface area (Å²) in [4.78, 5) is 18.6. The van der Waals surface area contributed by atoms with E-state index in [-0.39, 0.29) is 11.9 Å². The molecule has 3 aliphatic rings. The zero-order valence-electron chi connectivity index (χ0n) is 14.0. The van der Waals surface area contributed by atoms with Crippen molar-refractivity contribution in [2.45, 2.75) is 38.6 Å². The highest BCUT2D eigenvalue weighted by atomic mass is 32.2. The molecule has 1 heterocycles. The van der Waals surface area contributed by atoms with Crippen LogP contribution in [0.1, 0.15) is 32.6 Å². The maximum Gasteiger partial charge on any atom is 0.260 e.